The molecule has 0 radical (unpaired) electrons. The molecule has 0 aliphatic carbocycles. The first-order valence-corrected chi connectivity index (χ1v) is 9.51. The molecule has 2 aliphatic heterocycles. The fourth-order valence-corrected chi connectivity index (χ4v) is 4.62. The third-order valence-corrected chi connectivity index (χ3v) is 5.87. The summed E-state index contributed by atoms with van der Waals surface area (Å²) in [6.07, 6.45) is 9.46. The number of fused-ring (bicyclic) bond motifs is 2. The van der Waals surface area contributed by atoms with Gasteiger partial charge < -0.3 is 8.98 Å². The van der Waals surface area contributed by atoms with Crippen molar-refractivity contribution in [2.75, 3.05) is 26.7 Å². The van der Waals surface area contributed by atoms with E-state index in [0.717, 1.165) is 62.8 Å². The number of furan rings is 1. The Balaban J connectivity index is 1.45. The largest absolute Gasteiger partial charge is 0.472 e. The van der Waals surface area contributed by atoms with E-state index in [1.165, 1.54) is 5.56 Å². The lowest BCUT2D eigenvalue weighted by Gasteiger charge is -2.48. The SMILES string of the molecule is CN1Cc2nnc(-c3cccnc3)n2C2(CCN(Cc3ccoc3)CC2)C1. The van der Waals surface area contributed by atoms with E-state index in [1.807, 2.05) is 18.5 Å². The van der Waals surface area contributed by atoms with E-state index in [9.17, 15) is 0 Å². The highest BCUT2D eigenvalue weighted by molar-refractivity contribution is 5.54. The maximum Gasteiger partial charge on any atom is 0.166 e. The molecule has 0 N–H and O–H groups in total. The lowest BCUT2D eigenvalue weighted by atomic mass is 9.84. The number of likely N-dealkylation sites (tertiary alicyclic amines) is 1. The number of hydrogen-bond donors (Lipinski definition) is 0. The zero-order valence-electron chi connectivity index (χ0n) is 15.6. The van der Waals surface area contributed by atoms with Crippen LogP contribution in [0.1, 0.15) is 24.2 Å². The van der Waals surface area contributed by atoms with Crippen LogP contribution in [0.25, 0.3) is 11.4 Å². The maximum absolute atomic E-state index is 5.22. The van der Waals surface area contributed by atoms with Gasteiger partial charge in [0.15, 0.2) is 5.82 Å². The number of nitrogens with zero attached hydrogens (tertiary/aromatic N) is 6. The summed E-state index contributed by atoms with van der Waals surface area (Å²) >= 11 is 0. The van der Waals surface area contributed by atoms with Crippen LogP contribution in [0.2, 0.25) is 0 Å². The van der Waals surface area contributed by atoms with Crippen molar-refractivity contribution < 1.29 is 4.42 Å². The van der Waals surface area contributed by atoms with E-state index in [-0.39, 0.29) is 5.54 Å². The number of piperidine rings is 1. The van der Waals surface area contributed by atoms with Gasteiger partial charge in [0.2, 0.25) is 0 Å². The van der Waals surface area contributed by atoms with Gasteiger partial charge in [-0.2, -0.15) is 0 Å². The Morgan fingerprint density at radius 3 is 2.81 bits per heavy atom. The highest BCUT2D eigenvalue weighted by Crippen LogP contribution is 2.39. The molecule has 0 saturated carbocycles. The number of rotatable bonds is 3. The first-order valence-electron chi connectivity index (χ1n) is 9.51. The molecule has 5 heterocycles. The maximum atomic E-state index is 5.22. The summed E-state index contributed by atoms with van der Waals surface area (Å²) in [6.45, 7) is 4.94. The van der Waals surface area contributed by atoms with Crippen LogP contribution >= 0.6 is 0 Å². The lowest BCUT2D eigenvalue weighted by molar-refractivity contribution is 0.0490. The molecule has 0 atom stereocenters. The van der Waals surface area contributed by atoms with Gasteiger partial charge in [0, 0.05) is 49.7 Å². The van der Waals surface area contributed by atoms with Crippen molar-refractivity contribution in [3.05, 3.63) is 54.5 Å². The molecule has 3 aromatic heterocycles. The van der Waals surface area contributed by atoms with Gasteiger partial charge in [-0.25, -0.2) is 0 Å². The summed E-state index contributed by atoms with van der Waals surface area (Å²) in [4.78, 5) is 9.17. The lowest BCUT2D eigenvalue weighted by Crippen LogP contribution is -2.55. The molecule has 2 aliphatic rings. The molecule has 7 heteroatoms. The molecule has 0 unspecified atom stereocenters. The molecule has 1 spiro atoms. The number of likely N-dealkylation sites (N-methyl/N-ethyl adjacent to an activating group) is 1. The smallest absolute Gasteiger partial charge is 0.166 e. The Labute approximate surface area is 158 Å². The second kappa shape index (κ2) is 6.58. The summed E-state index contributed by atoms with van der Waals surface area (Å²) < 4.78 is 7.64. The Hall–Kier alpha value is -2.51. The Morgan fingerprint density at radius 1 is 1.19 bits per heavy atom. The van der Waals surface area contributed by atoms with Crippen molar-refractivity contribution in [3.63, 3.8) is 0 Å². The third-order valence-electron chi connectivity index (χ3n) is 5.87. The van der Waals surface area contributed by atoms with E-state index in [4.69, 9.17) is 4.42 Å². The van der Waals surface area contributed by atoms with Crippen molar-refractivity contribution in [1.82, 2.24) is 29.5 Å². The first-order chi connectivity index (χ1) is 13.2. The molecule has 27 heavy (non-hydrogen) atoms. The van der Waals surface area contributed by atoms with Gasteiger partial charge in [-0.3, -0.25) is 14.8 Å². The Bertz CT molecular complexity index is 896. The van der Waals surface area contributed by atoms with Crippen molar-refractivity contribution in [2.24, 2.45) is 0 Å². The zero-order valence-corrected chi connectivity index (χ0v) is 15.6. The molecule has 3 aromatic rings. The van der Waals surface area contributed by atoms with E-state index >= 15 is 0 Å². The molecule has 1 saturated heterocycles. The van der Waals surface area contributed by atoms with Gasteiger partial charge in [-0.1, -0.05) is 0 Å². The van der Waals surface area contributed by atoms with Crippen LogP contribution in [0.15, 0.2) is 47.5 Å². The summed E-state index contributed by atoms with van der Waals surface area (Å²) in [6, 6.07) is 6.09. The topological polar surface area (TPSA) is 63.2 Å². The number of hydrogen-bond acceptors (Lipinski definition) is 6. The molecular formula is C20H24N6O. The van der Waals surface area contributed by atoms with Crippen molar-refractivity contribution in [3.8, 4) is 11.4 Å². The molecular weight excluding hydrogens is 340 g/mol. The normalized spacial score (nSPS) is 20.0. The Kier molecular flexibility index (Phi) is 4.06. The standard InChI is InChI=1S/C20H24N6O/c1-24-13-18-22-23-19(17-3-2-7-21-11-17)26(18)20(15-24)5-8-25(9-6-20)12-16-4-10-27-14-16/h2-4,7,10-11,14H,5-6,8-9,12-13,15H2,1H3. The van der Waals surface area contributed by atoms with Crippen LogP contribution in [0, 0.1) is 0 Å². The monoisotopic (exact) mass is 364 g/mol. The van der Waals surface area contributed by atoms with Gasteiger partial charge in [0.1, 0.15) is 5.82 Å². The van der Waals surface area contributed by atoms with Crippen LogP contribution in [0.5, 0.6) is 0 Å². The van der Waals surface area contributed by atoms with Crippen LogP contribution < -0.4 is 0 Å². The number of aromatic nitrogens is 4. The van der Waals surface area contributed by atoms with Crippen molar-refractivity contribution in [1.29, 1.82) is 0 Å². The second-order valence-electron chi connectivity index (χ2n) is 7.82. The Morgan fingerprint density at radius 2 is 2.07 bits per heavy atom. The van der Waals surface area contributed by atoms with Crippen LogP contribution in [-0.2, 0) is 18.6 Å². The molecule has 1 fully saturated rings. The fourth-order valence-electron chi connectivity index (χ4n) is 4.62. The molecule has 0 bridgehead atoms. The van der Waals surface area contributed by atoms with Gasteiger partial charge in [0.05, 0.1) is 24.6 Å². The van der Waals surface area contributed by atoms with Crippen LogP contribution in [0.4, 0.5) is 0 Å². The van der Waals surface area contributed by atoms with E-state index in [1.54, 1.807) is 12.5 Å². The van der Waals surface area contributed by atoms with Crippen LogP contribution in [0.3, 0.4) is 0 Å². The summed E-state index contributed by atoms with van der Waals surface area (Å²) in [5.74, 6) is 2.01. The number of pyridine rings is 1. The quantitative estimate of drug-likeness (QED) is 0.711. The van der Waals surface area contributed by atoms with Gasteiger partial charge in [-0.15, -0.1) is 10.2 Å². The zero-order chi connectivity index (χ0) is 18.3. The summed E-state index contributed by atoms with van der Waals surface area (Å²) in [5.41, 5.74) is 2.33. The summed E-state index contributed by atoms with van der Waals surface area (Å²) in [7, 11) is 2.18. The molecule has 140 valence electrons. The predicted molar refractivity (Wildman–Crippen MR) is 101 cm³/mol. The second-order valence-corrected chi connectivity index (χ2v) is 7.82. The highest BCUT2D eigenvalue weighted by atomic mass is 16.3. The molecule has 5 rings (SSSR count). The first kappa shape index (κ1) is 16.6. The predicted octanol–water partition coefficient (Wildman–Crippen LogP) is 2.37. The minimum Gasteiger partial charge on any atom is -0.472 e. The van der Waals surface area contributed by atoms with Gasteiger partial charge >= 0.3 is 0 Å². The summed E-state index contributed by atoms with van der Waals surface area (Å²) in [5, 5.41) is 9.08. The molecule has 0 aromatic carbocycles. The van der Waals surface area contributed by atoms with Gasteiger partial charge in [0.25, 0.3) is 0 Å². The van der Waals surface area contributed by atoms with Gasteiger partial charge in [-0.05, 0) is 38.1 Å². The fraction of sp³-hybridized carbons (Fsp3) is 0.450. The third kappa shape index (κ3) is 2.96. The van der Waals surface area contributed by atoms with Crippen molar-refractivity contribution in [2.45, 2.75) is 31.5 Å². The van der Waals surface area contributed by atoms with Crippen LogP contribution in [-0.4, -0.2) is 56.2 Å². The van der Waals surface area contributed by atoms with E-state index in [0.29, 0.717) is 0 Å². The average Bonchev–Trinajstić information content (AvgIpc) is 3.34. The average molecular weight is 364 g/mol. The minimum atomic E-state index is 0.0455. The van der Waals surface area contributed by atoms with E-state index < -0.39 is 0 Å². The van der Waals surface area contributed by atoms with Crippen molar-refractivity contribution >= 4 is 0 Å². The molecule has 7 nitrogen and oxygen atoms in total. The highest BCUT2D eigenvalue weighted by Gasteiger charge is 2.43. The minimum absolute atomic E-state index is 0.0455. The molecule has 0 amide bonds. The van der Waals surface area contributed by atoms with E-state index in [2.05, 4.69) is 48.7 Å².